The Balaban J connectivity index is 1.78. The SMILES string of the molecule is O=CC1CC(c2ccc3ccccc3c2)=NN1c1ncccc1C(F)(F)F. The van der Waals surface area contributed by atoms with Crippen LogP contribution in [0.5, 0.6) is 0 Å². The van der Waals surface area contributed by atoms with Crippen LogP contribution in [0.25, 0.3) is 10.8 Å². The number of aromatic nitrogens is 1. The van der Waals surface area contributed by atoms with E-state index < -0.39 is 17.8 Å². The summed E-state index contributed by atoms with van der Waals surface area (Å²) in [5, 5.41) is 7.43. The van der Waals surface area contributed by atoms with Crippen LogP contribution in [0.1, 0.15) is 17.5 Å². The van der Waals surface area contributed by atoms with Crippen molar-refractivity contribution in [1.29, 1.82) is 0 Å². The average Bonchev–Trinajstić information content (AvgIpc) is 3.11. The van der Waals surface area contributed by atoms with Crippen molar-refractivity contribution in [2.45, 2.75) is 18.6 Å². The van der Waals surface area contributed by atoms with Crippen molar-refractivity contribution in [2.24, 2.45) is 5.10 Å². The molecule has 27 heavy (non-hydrogen) atoms. The van der Waals surface area contributed by atoms with Gasteiger partial charge in [-0.15, -0.1) is 0 Å². The smallest absolute Gasteiger partial charge is 0.301 e. The molecule has 4 nitrogen and oxygen atoms in total. The number of fused-ring (bicyclic) bond motifs is 1. The zero-order valence-corrected chi connectivity index (χ0v) is 14.0. The van der Waals surface area contributed by atoms with Crippen LogP contribution in [0, 0.1) is 0 Å². The van der Waals surface area contributed by atoms with Crippen LogP contribution in [0.15, 0.2) is 65.9 Å². The van der Waals surface area contributed by atoms with E-state index in [0.29, 0.717) is 12.0 Å². The summed E-state index contributed by atoms with van der Waals surface area (Å²) >= 11 is 0. The van der Waals surface area contributed by atoms with Gasteiger partial charge in [0, 0.05) is 12.6 Å². The highest BCUT2D eigenvalue weighted by Gasteiger charge is 2.39. The molecule has 1 aromatic heterocycles. The van der Waals surface area contributed by atoms with Gasteiger partial charge in [-0.2, -0.15) is 18.3 Å². The number of nitrogens with zero attached hydrogens (tertiary/aromatic N) is 3. The minimum Gasteiger partial charge on any atom is -0.301 e. The third-order valence-electron chi connectivity index (χ3n) is 4.49. The first-order chi connectivity index (χ1) is 13.0. The molecule has 3 aromatic rings. The van der Waals surface area contributed by atoms with Crippen molar-refractivity contribution >= 4 is 28.6 Å². The molecule has 1 unspecified atom stereocenters. The molecule has 0 amide bonds. The number of hydrogen-bond acceptors (Lipinski definition) is 4. The van der Waals surface area contributed by atoms with E-state index in [4.69, 9.17) is 0 Å². The number of anilines is 1. The lowest BCUT2D eigenvalue weighted by molar-refractivity contribution is -0.137. The average molecular weight is 369 g/mol. The number of alkyl halides is 3. The fourth-order valence-electron chi connectivity index (χ4n) is 3.18. The third kappa shape index (κ3) is 3.16. The quantitative estimate of drug-likeness (QED) is 0.642. The Labute approximate surface area is 152 Å². The van der Waals surface area contributed by atoms with Gasteiger partial charge < -0.3 is 4.79 Å². The molecule has 0 radical (unpaired) electrons. The largest absolute Gasteiger partial charge is 0.420 e. The van der Waals surface area contributed by atoms with E-state index in [9.17, 15) is 18.0 Å². The first-order valence-corrected chi connectivity index (χ1v) is 8.31. The van der Waals surface area contributed by atoms with Crippen molar-refractivity contribution in [3.63, 3.8) is 0 Å². The first kappa shape index (κ1) is 17.2. The Hall–Kier alpha value is -3.22. The van der Waals surface area contributed by atoms with E-state index in [1.54, 1.807) is 0 Å². The lowest BCUT2D eigenvalue weighted by atomic mass is 10.0. The molecule has 0 N–H and O–H groups in total. The minimum atomic E-state index is -4.59. The van der Waals surface area contributed by atoms with Crippen LogP contribution >= 0.6 is 0 Å². The van der Waals surface area contributed by atoms with Gasteiger partial charge in [-0.25, -0.2) is 9.99 Å². The van der Waals surface area contributed by atoms with E-state index >= 15 is 0 Å². The highest BCUT2D eigenvalue weighted by Crippen LogP contribution is 2.37. The highest BCUT2D eigenvalue weighted by atomic mass is 19.4. The van der Waals surface area contributed by atoms with Gasteiger partial charge in [0.05, 0.1) is 11.3 Å². The summed E-state index contributed by atoms with van der Waals surface area (Å²) in [6.07, 6.45) is -2.50. The standard InChI is InChI=1S/C20H14F3N3O/c21-20(22,23)17-6-3-9-24-19(17)26-16(12-27)11-18(25-26)15-8-7-13-4-1-2-5-14(13)10-15/h1-10,12,16H,11H2. The van der Waals surface area contributed by atoms with Gasteiger partial charge in [0.1, 0.15) is 12.3 Å². The van der Waals surface area contributed by atoms with Gasteiger partial charge in [0.2, 0.25) is 0 Å². The fourth-order valence-corrected chi connectivity index (χ4v) is 3.18. The van der Waals surface area contributed by atoms with Crippen molar-refractivity contribution < 1.29 is 18.0 Å². The number of pyridine rings is 1. The summed E-state index contributed by atoms with van der Waals surface area (Å²) in [6, 6.07) is 14.8. The molecule has 1 atom stereocenters. The van der Waals surface area contributed by atoms with E-state index in [1.165, 1.54) is 12.3 Å². The monoisotopic (exact) mass is 369 g/mol. The zero-order chi connectivity index (χ0) is 19.0. The molecule has 0 bridgehead atoms. The van der Waals surface area contributed by atoms with E-state index in [0.717, 1.165) is 27.4 Å². The Bertz CT molecular complexity index is 1050. The van der Waals surface area contributed by atoms with Crippen LogP contribution < -0.4 is 5.01 Å². The van der Waals surface area contributed by atoms with Gasteiger partial charge in [-0.3, -0.25) is 0 Å². The lowest BCUT2D eigenvalue weighted by Crippen LogP contribution is -2.30. The maximum atomic E-state index is 13.3. The summed E-state index contributed by atoms with van der Waals surface area (Å²) in [4.78, 5) is 15.4. The lowest BCUT2D eigenvalue weighted by Gasteiger charge is -2.21. The number of carbonyl (C=O) groups is 1. The van der Waals surface area contributed by atoms with Gasteiger partial charge in [0.15, 0.2) is 5.82 Å². The topological polar surface area (TPSA) is 45.6 Å². The number of benzene rings is 2. The summed E-state index contributed by atoms with van der Waals surface area (Å²) < 4.78 is 40.0. The van der Waals surface area contributed by atoms with Crippen molar-refractivity contribution in [1.82, 2.24) is 4.98 Å². The van der Waals surface area contributed by atoms with E-state index in [-0.39, 0.29) is 12.2 Å². The normalized spacial score (nSPS) is 17.2. The van der Waals surface area contributed by atoms with Gasteiger partial charge in [0.25, 0.3) is 0 Å². The maximum Gasteiger partial charge on any atom is 0.420 e. The molecule has 0 saturated heterocycles. The summed E-state index contributed by atoms with van der Waals surface area (Å²) in [6.45, 7) is 0. The molecular weight excluding hydrogens is 355 g/mol. The number of aldehydes is 1. The van der Waals surface area contributed by atoms with Crippen molar-refractivity contribution in [3.8, 4) is 0 Å². The Kier molecular flexibility index (Phi) is 4.14. The fraction of sp³-hybridized carbons (Fsp3) is 0.150. The van der Waals surface area contributed by atoms with Gasteiger partial charge >= 0.3 is 6.18 Å². The molecule has 136 valence electrons. The van der Waals surface area contributed by atoms with Gasteiger partial charge in [-0.05, 0) is 34.5 Å². The molecule has 1 aliphatic heterocycles. The predicted molar refractivity (Wildman–Crippen MR) is 96.7 cm³/mol. The van der Waals surface area contributed by atoms with Gasteiger partial charge in [-0.1, -0.05) is 36.4 Å². The molecular formula is C20H14F3N3O. The Morgan fingerprint density at radius 3 is 2.56 bits per heavy atom. The van der Waals surface area contributed by atoms with Crippen LogP contribution in [0.3, 0.4) is 0 Å². The Morgan fingerprint density at radius 1 is 1.04 bits per heavy atom. The van der Waals surface area contributed by atoms with Crippen molar-refractivity contribution in [2.75, 3.05) is 5.01 Å². The minimum absolute atomic E-state index is 0.218. The molecule has 0 aliphatic carbocycles. The van der Waals surface area contributed by atoms with Crippen LogP contribution in [-0.4, -0.2) is 23.0 Å². The zero-order valence-electron chi connectivity index (χ0n) is 14.0. The van der Waals surface area contributed by atoms with Crippen LogP contribution in [-0.2, 0) is 11.0 Å². The third-order valence-corrected chi connectivity index (χ3v) is 4.49. The maximum absolute atomic E-state index is 13.3. The first-order valence-electron chi connectivity index (χ1n) is 8.31. The second-order valence-electron chi connectivity index (χ2n) is 6.23. The molecule has 0 saturated carbocycles. The predicted octanol–water partition coefficient (Wildman–Crippen LogP) is 4.44. The van der Waals surface area contributed by atoms with Crippen LogP contribution in [0.2, 0.25) is 0 Å². The molecule has 2 heterocycles. The number of hydrazone groups is 1. The molecule has 7 heteroatoms. The Morgan fingerprint density at radius 2 is 1.81 bits per heavy atom. The molecule has 0 spiro atoms. The summed E-state index contributed by atoms with van der Waals surface area (Å²) in [5.41, 5.74) is 0.407. The second kappa shape index (κ2) is 6.50. The number of rotatable bonds is 3. The summed E-state index contributed by atoms with van der Waals surface area (Å²) in [5.74, 6) is -0.363. The summed E-state index contributed by atoms with van der Waals surface area (Å²) in [7, 11) is 0. The van der Waals surface area contributed by atoms with E-state index in [2.05, 4.69) is 10.1 Å². The van der Waals surface area contributed by atoms with Crippen molar-refractivity contribution in [3.05, 3.63) is 71.9 Å². The molecule has 2 aromatic carbocycles. The number of halogens is 3. The number of hydrogen-bond donors (Lipinski definition) is 0. The second-order valence-corrected chi connectivity index (χ2v) is 6.23. The highest BCUT2D eigenvalue weighted by molar-refractivity contribution is 6.07. The van der Waals surface area contributed by atoms with E-state index in [1.807, 2.05) is 42.5 Å². The molecule has 0 fully saturated rings. The molecule has 1 aliphatic rings. The number of carbonyl (C=O) groups excluding carboxylic acids is 1. The van der Waals surface area contributed by atoms with Crippen LogP contribution in [0.4, 0.5) is 19.0 Å². The molecule has 4 rings (SSSR count).